The van der Waals surface area contributed by atoms with E-state index in [0.717, 1.165) is 31.0 Å². The minimum atomic E-state index is -0.301. The first-order valence-electron chi connectivity index (χ1n) is 9.04. The molecular weight excluding hydrogens is 460 g/mol. The number of guanidine groups is 1. The van der Waals surface area contributed by atoms with Gasteiger partial charge in [0.25, 0.3) is 0 Å². The van der Waals surface area contributed by atoms with Crippen LogP contribution in [-0.2, 0) is 6.54 Å². The molecule has 1 heterocycles. The maximum absolute atomic E-state index is 13.3. The molecule has 2 rings (SSSR count). The second-order valence-electron chi connectivity index (χ2n) is 6.03. The Bertz CT molecular complexity index is 707. The van der Waals surface area contributed by atoms with Gasteiger partial charge in [-0.25, -0.2) is 9.38 Å². The zero-order valence-corrected chi connectivity index (χ0v) is 18.4. The highest BCUT2D eigenvalue weighted by Gasteiger charge is 2.09. The van der Waals surface area contributed by atoms with Crippen LogP contribution in [0.1, 0.15) is 25.8 Å². The first-order chi connectivity index (χ1) is 12.6. The van der Waals surface area contributed by atoms with Crippen LogP contribution in [-0.4, -0.2) is 41.5 Å². The zero-order chi connectivity index (χ0) is 18.8. The summed E-state index contributed by atoms with van der Waals surface area (Å²) in [7, 11) is 0. The van der Waals surface area contributed by atoms with Crippen molar-refractivity contribution in [1.82, 2.24) is 20.4 Å². The molecule has 0 aliphatic rings. The summed E-state index contributed by atoms with van der Waals surface area (Å²) in [4.78, 5) is 4.59. The predicted molar refractivity (Wildman–Crippen MR) is 117 cm³/mol. The summed E-state index contributed by atoms with van der Waals surface area (Å²) in [5, 5.41) is 10.8. The summed E-state index contributed by atoms with van der Waals surface area (Å²) < 4.78 is 21.0. The summed E-state index contributed by atoms with van der Waals surface area (Å²) in [6.45, 7) is 8.81. The fourth-order valence-corrected chi connectivity index (χ4v) is 2.40. The van der Waals surface area contributed by atoms with Gasteiger partial charge in [0.05, 0.1) is 19.3 Å². The number of aromatic nitrogens is 2. The molecule has 1 atom stereocenters. The van der Waals surface area contributed by atoms with Crippen LogP contribution in [0.3, 0.4) is 0 Å². The molecule has 0 saturated heterocycles. The molecule has 0 radical (unpaired) electrons. The Kier molecular flexibility index (Phi) is 10.8. The molecule has 1 unspecified atom stereocenters. The molecule has 0 amide bonds. The number of halogens is 2. The van der Waals surface area contributed by atoms with E-state index in [9.17, 15) is 4.39 Å². The molecule has 0 bridgehead atoms. The summed E-state index contributed by atoms with van der Waals surface area (Å²) in [6, 6.07) is 6.19. The van der Waals surface area contributed by atoms with E-state index in [0.29, 0.717) is 18.8 Å². The van der Waals surface area contributed by atoms with Crippen LogP contribution in [0.15, 0.2) is 41.7 Å². The van der Waals surface area contributed by atoms with Crippen molar-refractivity contribution in [1.29, 1.82) is 0 Å². The Labute approximate surface area is 177 Å². The van der Waals surface area contributed by atoms with Crippen LogP contribution in [0, 0.1) is 12.7 Å². The van der Waals surface area contributed by atoms with Gasteiger partial charge in [-0.2, -0.15) is 5.10 Å². The van der Waals surface area contributed by atoms with E-state index in [-0.39, 0.29) is 35.9 Å². The van der Waals surface area contributed by atoms with Crippen molar-refractivity contribution >= 4 is 29.9 Å². The van der Waals surface area contributed by atoms with Gasteiger partial charge < -0.3 is 15.4 Å². The summed E-state index contributed by atoms with van der Waals surface area (Å²) >= 11 is 0. The van der Waals surface area contributed by atoms with Crippen molar-refractivity contribution in [2.24, 2.45) is 4.99 Å². The molecule has 0 aliphatic carbocycles. The molecule has 0 saturated carbocycles. The third-order valence-corrected chi connectivity index (χ3v) is 3.75. The molecule has 27 heavy (non-hydrogen) atoms. The monoisotopic (exact) mass is 489 g/mol. The molecule has 6 nitrogen and oxygen atoms in total. The smallest absolute Gasteiger partial charge is 0.191 e. The summed E-state index contributed by atoms with van der Waals surface area (Å²) in [6.07, 6.45) is 4.52. The lowest BCUT2D eigenvalue weighted by atomic mass is 10.2. The van der Waals surface area contributed by atoms with Crippen LogP contribution >= 0.6 is 24.0 Å². The van der Waals surface area contributed by atoms with E-state index in [1.807, 2.05) is 37.8 Å². The fraction of sp³-hybridized carbons (Fsp3) is 0.474. The first-order valence-corrected chi connectivity index (χ1v) is 9.04. The lowest BCUT2D eigenvalue weighted by Gasteiger charge is -2.17. The number of rotatable bonds is 9. The first kappa shape index (κ1) is 23.2. The van der Waals surface area contributed by atoms with Gasteiger partial charge in [-0.3, -0.25) is 4.68 Å². The van der Waals surface area contributed by atoms with E-state index in [2.05, 4.69) is 20.7 Å². The number of hydrogen-bond donors (Lipinski definition) is 2. The van der Waals surface area contributed by atoms with Gasteiger partial charge in [-0.15, -0.1) is 24.0 Å². The maximum atomic E-state index is 13.3. The van der Waals surface area contributed by atoms with Crippen LogP contribution < -0.4 is 15.4 Å². The third-order valence-electron chi connectivity index (χ3n) is 3.75. The van der Waals surface area contributed by atoms with Gasteiger partial charge in [-0.1, -0.05) is 13.0 Å². The number of aryl methyl sites for hydroxylation is 1. The van der Waals surface area contributed by atoms with Crippen molar-refractivity contribution in [3.63, 3.8) is 0 Å². The molecule has 1 aromatic heterocycles. The Morgan fingerprint density at radius 3 is 2.78 bits per heavy atom. The highest BCUT2D eigenvalue weighted by molar-refractivity contribution is 14.0. The molecule has 2 N–H and O–H groups in total. The van der Waals surface area contributed by atoms with Gasteiger partial charge in [0.2, 0.25) is 0 Å². The van der Waals surface area contributed by atoms with Crippen LogP contribution in [0.5, 0.6) is 5.75 Å². The molecule has 150 valence electrons. The Balaban J connectivity index is 0.00000364. The molecule has 2 aromatic rings. The second kappa shape index (κ2) is 12.5. The zero-order valence-electron chi connectivity index (χ0n) is 16.1. The molecule has 0 aliphatic heterocycles. The quantitative estimate of drug-likeness (QED) is 0.322. The molecule has 0 spiro atoms. The molecule has 0 fully saturated rings. The molecule has 8 heteroatoms. The Hall–Kier alpha value is -1.84. The summed E-state index contributed by atoms with van der Waals surface area (Å²) in [5.74, 6) is 0.960. The SMILES string of the molecule is CCNC(=NCC(CC)Oc1cccc(F)c1)NCCn1cc(C)cn1.I. The van der Waals surface area contributed by atoms with E-state index < -0.39 is 0 Å². The fourth-order valence-electron chi connectivity index (χ4n) is 2.40. The minimum absolute atomic E-state index is 0. The van der Waals surface area contributed by atoms with Gasteiger partial charge in [0, 0.05) is 25.4 Å². The van der Waals surface area contributed by atoms with Gasteiger partial charge >= 0.3 is 0 Å². The number of hydrogen-bond acceptors (Lipinski definition) is 3. The number of benzene rings is 1. The number of nitrogens with zero attached hydrogens (tertiary/aromatic N) is 3. The van der Waals surface area contributed by atoms with E-state index in [4.69, 9.17) is 4.74 Å². The van der Waals surface area contributed by atoms with Crippen molar-refractivity contribution in [3.05, 3.63) is 48.0 Å². The van der Waals surface area contributed by atoms with E-state index in [1.165, 1.54) is 12.1 Å². The van der Waals surface area contributed by atoms with Crippen LogP contribution in [0.4, 0.5) is 4.39 Å². The topological polar surface area (TPSA) is 63.5 Å². The van der Waals surface area contributed by atoms with E-state index >= 15 is 0 Å². The Morgan fingerprint density at radius 2 is 2.15 bits per heavy atom. The lowest BCUT2D eigenvalue weighted by Crippen LogP contribution is -2.39. The highest BCUT2D eigenvalue weighted by atomic mass is 127. The Morgan fingerprint density at radius 1 is 1.33 bits per heavy atom. The highest BCUT2D eigenvalue weighted by Crippen LogP contribution is 2.15. The van der Waals surface area contributed by atoms with Gasteiger partial charge in [0.1, 0.15) is 17.7 Å². The van der Waals surface area contributed by atoms with Crippen molar-refractivity contribution in [2.75, 3.05) is 19.6 Å². The third kappa shape index (κ3) is 8.59. The maximum Gasteiger partial charge on any atom is 0.191 e. The average Bonchev–Trinajstić information content (AvgIpc) is 3.03. The van der Waals surface area contributed by atoms with Crippen LogP contribution in [0.2, 0.25) is 0 Å². The van der Waals surface area contributed by atoms with Crippen molar-refractivity contribution < 1.29 is 9.13 Å². The predicted octanol–water partition coefficient (Wildman–Crippen LogP) is 3.36. The van der Waals surface area contributed by atoms with Gasteiger partial charge in [0.15, 0.2) is 5.96 Å². The lowest BCUT2D eigenvalue weighted by molar-refractivity contribution is 0.205. The molecule has 1 aromatic carbocycles. The number of aliphatic imine (C=N–C) groups is 1. The van der Waals surface area contributed by atoms with E-state index in [1.54, 1.807) is 12.1 Å². The largest absolute Gasteiger partial charge is 0.488 e. The van der Waals surface area contributed by atoms with Crippen molar-refractivity contribution in [2.45, 2.75) is 39.8 Å². The molecular formula is C19H29FIN5O. The number of ether oxygens (including phenoxy) is 1. The van der Waals surface area contributed by atoms with Crippen LogP contribution in [0.25, 0.3) is 0 Å². The standard InChI is InChI=1S/C19H28FN5O.HI/c1-4-17(26-18-8-6-7-16(20)11-18)13-23-19(21-5-2)22-9-10-25-14-15(3)12-24-25;/h6-8,11-12,14,17H,4-5,9-10,13H2,1-3H3,(H2,21,22,23);1H. The average molecular weight is 489 g/mol. The minimum Gasteiger partial charge on any atom is -0.488 e. The van der Waals surface area contributed by atoms with Gasteiger partial charge in [-0.05, 0) is 38.0 Å². The normalized spacial score (nSPS) is 12.2. The van der Waals surface area contributed by atoms with Crippen molar-refractivity contribution in [3.8, 4) is 5.75 Å². The second-order valence-corrected chi connectivity index (χ2v) is 6.03. The summed E-state index contributed by atoms with van der Waals surface area (Å²) in [5.41, 5.74) is 1.14. The number of nitrogens with one attached hydrogen (secondary N) is 2.